The summed E-state index contributed by atoms with van der Waals surface area (Å²) in [4.78, 5) is 2.62. The Labute approximate surface area is 94.3 Å². The lowest BCUT2D eigenvalue weighted by Gasteiger charge is -2.30. The summed E-state index contributed by atoms with van der Waals surface area (Å²) in [5.41, 5.74) is 0. The molecule has 1 aliphatic rings. The Kier molecular flexibility index (Phi) is 5.71. The van der Waals surface area contributed by atoms with Crippen LogP contribution in [-0.4, -0.2) is 24.0 Å². The van der Waals surface area contributed by atoms with Crippen molar-refractivity contribution in [3.05, 3.63) is 0 Å². The minimum atomic E-state index is 0.710. The van der Waals surface area contributed by atoms with E-state index in [4.69, 9.17) is 5.26 Å². The molecule has 0 aromatic heterocycles. The minimum Gasteiger partial charge on any atom is -0.300 e. The van der Waals surface area contributed by atoms with Crippen LogP contribution in [0.4, 0.5) is 0 Å². The first-order valence-corrected chi connectivity index (χ1v) is 6.35. The minimum absolute atomic E-state index is 0.710. The molecule has 0 N–H and O–H groups in total. The van der Waals surface area contributed by atoms with Crippen LogP contribution in [0.15, 0.2) is 0 Å². The Morgan fingerprint density at radius 1 is 1.33 bits per heavy atom. The largest absolute Gasteiger partial charge is 0.300 e. The molecular weight excluding hydrogens is 184 g/mol. The van der Waals surface area contributed by atoms with Crippen molar-refractivity contribution in [3.8, 4) is 6.07 Å². The van der Waals surface area contributed by atoms with Gasteiger partial charge in [0.15, 0.2) is 0 Å². The van der Waals surface area contributed by atoms with Crippen molar-refractivity contribution in [1.29, 1.82) is 5.26 Å². The molecule has 0 aromatic rings. The Balaban J connectivity index is 2.34. The van der Waals surface area contributed by atoms with Crippen LogP contribution in [0.3, 0.4) is 0 Å². The lowest BCUT2D eigenvalue weighted by atomic mass is 10.1. The first kappa shape index (κ1) is 12.5. The molecule has 1 rings (SSSR count). The van der Waals surface area contributed by atoms with E-state index in [0.29, 0.717) is 6.42 Å². The lowest BCUT2D eigenvalue weighted by molar-refractivity contribution is 0.176. The van der Waals surface area contributed by atoms with Gasteiger partial charge in [0, 0.05) is 19.0 Å². The number of nitrogens with zero attached hydrogens (tertiary/aromatic N) is 2. The Bertz CT molecular complexity index is 199. The van der Waals surface area contributed by atoms with Crippen LogP contribution in [0.25, 0.3) is 0 Å². The molecule has 15 heavy (non-hydrogen) atoms. The van der Waals surface area contributed by atoms with Crippen molar-refractivity contribution in [3.63, 3.8) is 0 Å². The van der Waals surface area contributed by atoms with Crippen LogP contribution in [0.2, 0.25) is 0 Å². The molecule has 0 atom stereocenters. The predicted octanol–water partition coefficient (Wildman–Crippen LogP) is 3.19. The van der Waals surface area contributed by atoms with E-state index in [-0.39, 0.29) is 0 Å². The van der Waals surface area contributed by atoms with Gasteiger partial charge in [0.05, 0.1) is 6.07 Å². The molecule has 0 aromatic carbocycles. The van der Waals surface area contributed by atoms with Gasteiger partial charge in [-0.05, 0) is 31.7 Å². The summed E-state index contributed by atoms with van der Waals surface area (Å²) in [6.07, 6.45) is 7.30. The van der Waals surface area contributed by atoms with Gasteiger partial charge in [-0.2, -0.15) is 5.26 Å². The van der Waals surface area contributed by atoms with Crippen LogP contribution in [-0.2, 0) is 0 Å². The average molecular weight is 208 g/mol. The van der Waals surface area contributed by atoms with Gasteiger partial charge in [-0.3, -0.25) is 0 Å². The van der Waals surface area contributed by atoms with E-state index < -0.39 is 0 Å². The third-order valence-corrected chi connectivity index (χ3v) is 3.17. The molecule has 0 saturated heterocycles. The summed E-state index contributed by atoms with van der Waals surface area (Å²) in [7, 11) is 0. The third kappa shape index (κ3) is 4.66. The van der Waals surface area contributed by atoms with Crippen molar-refractivity contribution in [1.82, 2.24) is 4.90 Å². The van der Waals surface area contributed by atoms with E-state index in [1.807, 2.05) is 0 Å². The molecule has 0 amide bonds. The highest BCUT2D eigenvalue weighted by Gasteiger charge is 2.22. The SMILES string of the molecule is CC(C)CN(CCCC#N)C1CCCC1. The molecule has 0 spiro atoms. The molecule has 0 heterocycles. The lowest BCUT2D eigenvalue weighted by Crippen LogP contribution is -2.36. The second-order valence-electron chi connectivity index (χ2n) is 5.09. The standard InChI is InChI=1S/C13H24N2/c1-12(2)11-15(10-6-5-9-14)13-7-3-4-8-13/h12-13H,3-8,10-11H2,1-2H3. The topological polar surface area (TPSA) is 27.0 Å². The first-order chi connectivity index (χ1) is 7.24. The maximum atomic E-state index is 8.56. The van der Waals surface area contributed by atoms with Crippen molar-refractivity contribution < 1.29 is 0 Å². The van der Waals surface area contributed by atoms with Crippen LogP contribution < -0.4 is 0 Å². The maximum Gasteiger partial charge on any atom is 0.0622 e. The predicted molar refractivity (Wildman–Crippen MR) is 63.5 cm³/mol. The Morgan fingerprint density at radius 2 is 2.00 bits per heavy atom. The van der Waals surface area contributed by atoms with Crippen molar-refractivity contribution in [2.24, 2.45) is 5.92 Å². The van der Waals surface area contributed by atoms with E-state index in [2.05, 4.69) is 24.8 Å². The summed E-state index contributed by atoms with van der Waals surface area (Å²) >= 11 is 0. The van der Waals surface area contributed by atoms with Crippen LogP contribution in [0, 0.1) is 17.2 Å². The van der Waals surface area contributed by atoms with Gasteiger partial charge in [-0.25, -0.2) is 0 Å². The molecule has 86 valence electrons. The maximum absolute atomic E-state index is 8.56. The van der Waals surface area contributed by atoms with Gasteiger partial charge in [-0.15, -0.1) is 0 Å². The quantitative estimate of drug-likeness (QED) is 0.627. The molecular formula is C13H24N2. The summed E-state index contributed by atoms with van der Waals surface area (Å²) in [5, 5.41) is 8.56. The van der Waals surface area contributed by atoms with Crippen molar-refractivity contribution in [2.75, 3.05) is 13.1 Å². The highest BCUT2D eigenvalue weighted by Crippen LogP contribution is 2.24. The average Bonchev–Trinajstić information content (AvgIpc) is 2.68. The third-order valence-electron chi connectivity index (χ3n) is 3.17. The monoisotopic (exact) mass is 208 g/mol. The zero-order valence-electron chi connectivity index (χ0n) is 10.2. The second-order valence-corrected chi connectivity index (χ2v) is 5.09. The van der Waals surface area contributed by atoms with Gasteiger partial charge < -0.3 is 4.90 Å². The fraction of sp³-hybridized carbons (Fsp3) is 0.923. The van der Waals surface area contributed by atoms with E-state index in [1.165, 1.54) is 32.2 Å². The van der Waals surface area contributed by atoms with E-state index in [0.717, 1.165) is 24.9 Å². The summed E-state index contributed by atoms with van der Waals surface area (Å²) in [6, 6.07) is 3.05. The zero-order chi connectivity index (χ0) is 11.1. The van der Waals surface area contributed by atoms with Crippen LogP contribution in [0.5, 0.6) is 0 Å². The molecule has 2 heteroatoms. The molecule has 0 bridgehead atoms. The van der Waals surface area contributed by atoms with E-state index >= 15 is 0 Å². The van der Waals surface area contributed by atoms with Gasteiger partial charge in [-0.1, -0.05) is 26.7 Å². The van der Waals surface area contributed by atoms with Crippen molar-refractivity contribution in [2.45, 2.75) is 58.4 Å². The van der Waals surface area contributed by atoms with Gasteiger partial charge in [0.25, 0.3) is 0 Å². The van der Waals surface area contributed by atoms with Gasteiger partial charge in [0.2, 0.25) is 0 Å². The molecule has 1 aliphatic carbocycles. The van der Waals surface area contributed by atoms with Gasteiger partial charge in [0.1, 0.15) is 0 Å². The van der Waals surface area contributed by atoms with Crippen LogP contribution >= 0.6 is 0 Å². The number of hydrogen-bond donors (Lipinski definition) is 0. The molecule has 1 saturated carbocycles. The van der Waals surface area contributed by atoms with E-state index in [1.54, 1.807) is 0 Å². The fourth-order valence-corrected chi connectivity index (χ4v) is 2.52. The van der Waals surface area contributed by atoms with Crippen LogP contribution in [0.1, 0.15) is 52.4 Å². The fourth-order valence-electron chi connectivity index (χ4n) is 2.52. The van der Waals surface area contributed by atoms with E-state index in [9.17, 15) is 0 Å². The number of nitriles is 1. The first-order valence-electron chi connectivity index (χ1n) is 6.35. The molecule has 0 aliphatic heterocycles. The molecule has 0 unspecified atom stereocenters. The second kappa shape index (κ2) is 6.85. The Hall–Kier alpha value is -0.550. The highest BCUT2D eigenvalue weighted by molar-refractivity contribution is 4.79. The number of hydrogen-bond acceptors (Lipinski definition) is 2. The molecule has 0 radical (unpaired) electrons. The summed E-state index contributed by atoms with van der Waals surface area (Å²) < 4.78 is 0. The highest BCUT2D eigenvalue weighted by atomic mass is 15.2. The van der Waals surface area contributed by atoms with Gasteiger partial charge >= 0.3 is 0 Å². The Morgan fingerprint density at radius 3 is 2.53 bits per heavy atom. The summed E-state index contributed by atoms with van der Waals surface area (Å²) in [6.45, 7) is 6.89. The molecule has 1 fully saturated rings. The number of unbranched alkanes of at least 4 members (excludes halogenated alkanes) is 1. The summed E-state index contributed by atoms with van der Waals surface area (Å²) in [5.74, 6) is 0.743. The molecule has 2 nitrogen and oxygen atoms in total. The number of rotatable bonds is 6. The normalized spacial score (nSPS) is 17.5. The zero-order valence-corrected chi connectivity index (χ0v) is 10.2. The van der Waals surface area contributed by atoms with Crippen molar-refractivity contribution >= 4 is 0 Å². The smallest absolute Gasteiger partial charge is 0.0622 e.